The van der Waals surface area contributed by atoms with Crippen LogP contribution in [0.25, 0.3) is 0 Å². The molecule has 0 unspecified atom stereocenters. The minimum Gasteiger partial charge on any atom is -0.481 e. The van der Waals surface area contributed by atoms with E-state index in [9.17, 15) is 19.8 Å². The molecular weight excluding hydrogens is 272 g/mol. The molecule has 1 aliphatic carbocycles. The predicted octanol–water partition coefficient (Wildman–Crippen LogP) is 1.53. The minimum absolute atomic E-state index is 0.109. The van der Waals surface area contributed by atoms with Crippen LogP contribution in [0.3, 0.4) is 0 Å². The molecule has 2 rings (SSSR count). The number of carbonyl (C=O) groups is 2. The van der Waals surface area contributed by atoms with Crippen molar-refractivity contribution in [1.82, 2.24) is 9.80 Å². The Hall–Kier alpha value is -1.30. The number of urea groups is 1. The second kappa shape index (κ2) is 5.83. The van der Waals surface area contributed by atoms with Crippen molar-refractivity contribution in [2.24, 2.45) is 5.41 Å². The SMILES string of the molecule is CN(CC1(O)CCCC1)C(=O)N1CCC(C)(C(=O)O)CC1. The van der Waals surface area contributed by atoms with Gasteiger partial charge in [0.05, 0.1) is 17.6 Å². The number of hydrogen-bond donors (Lipinski definition) is 2. The number of carboxylic acids is 1. The van der Waals surface area contributed by atoms with Crippen molar-refractivity contribution >= 4 is 12.0 Å². The number of amides is 2. The highest BCUT2D eigenvalue weighted by Gasteiger charge is 2.39. The number of likely N-dealkylation sites (tertiary alicyclic amines) is 1. The van der Waals surface area contributed by atoms with Crippen LogP contribution in [0.2, 0.25) is 0 Å². The van der Waals surface area contributed by atoms with Crippen LogP contribution in [0.4, 0.5) is 4.79 Å². The second-order valence-corrected chi connectivity index (χ2v) is 6.92. The lowest BCUT2D eigenvalue weighted by Gasteiger charge is -2.39. The van der Waals surface area contributed by atoms with Crippen molar-refractivity contribution in [2.75, 3.05) is 26.7 Å². The van der Waals surface area contributed by atoms with Crippen LogP contribution in [-0.2, 0) is 4.79 Å². The summed E-state index contributed by atoms with van der Waals surface area (Å²) >= 11 is 0. The van der Waals surface area contributed by atoms with Gasteiger partial charge in [0.1, 0.15) is 0 Å². The highest BCUT2D eigenvalue weighted by Crippen LogP contribution is 2.32. The molecule has 2 fully saturated rings. The molecule has 0 radical (unpaired) electrons. The lowest BCUT2D eigenvalue weighted by molar-refractivity contribution is -0.150. The summed E-state index contributed by atoms with van der Waals surface area (Å²) in [6, 6.07) is -0.109. The molecule has 6 heteroatoms. The third-order valence-corrected chi connectivity index (χ3v) is 5.05. The van der Waals surface area contributed by atoms with Gasteiger partial charge in [-0.3, -0.25) is 4.79 Å². The molecule has 1 saturated heterocycles. The summed E-state index contributed by atoms with van der Waals surface area (Å²) in [5.41, 5.74) is -1.46. The van der Waals surface area contributed by atoms with Crippen LogP contribution in [0.15, 0.2) is 0 Å². The van der Waals surface area contributed by atoms with Crippen molar-refractivity contribution in [3.05, 3.63) is 0 Å². The van der Waals surface area contributed by atoms with E-state index in [1.54, 1.807) is 23.8 Å². The molecule has 120 valence electrons. The van der Waals surface area contributed by atoms with E-state index < -0.39 is 17.0 Å². The van der Waals surface area contributed by atoms with Crippen molar-refractivity contribution in [2.45, 2.75) is 51.0 Å². The summed E-state index contributed by atoms with van der Waals surface area (Å²) in [5.74, 6) is -0.789. The summed E-state index contributed by atoms with van der Waals surface area (Å²) in [7, 11) is 1.71. The molecule has 0 aromatic carbocycles. The number of aliphatic carboxylic acids is 1. The Kier molecular flexibility index (Phi) is 4.46. The number of carboxylic acid groups (broad SMARTS) is 1. The first-order chi connectivity index (χ1) is 9.76. The highest BCUT2D eigenvalue weighted by molar-refractivity contribution is 5.77. The predicted molar refractivity (Wildman–Crippen MR) is 78.0 cm³/mol. The van der Waals surface area contributed by atoms with Gasteiger partial charge in [-0.05, 0) is 32.6 Å². The van der Waals surface area contributed by atoms with E-state index >= 15 is 0 Å². The zero-order valence-corrected chi connectivity index (χ0v) is 13.0. The largest absolute Gasteiger partial charge is 0.481 e. The van der Waals surface area contributed by atoms with Gasteiger partial charge in [0.2, 0.25) is 0 Å². The summed E-state index contributed by atoms with van der Waals surface area (Å²) in [4.78, 5) is 26.9. The van der Waals surface area contributed by atoms with Crippen molar-refractivity contribution in [1.29, 1.82) is 0 Å². The number of piperidine rings is 1. The van der Waals surface area contributed by atoms with Crippen LogP contribution >= 0.6 is 0 Å². The molecule has 1 aliphatic heterocycles. The number of aliphatic hydroxyl groups is 1. The van der Waals surface area contributed by atoms with E-state index in [4.69, 9.17) is 0 Å². The summed E-state index contributed by atoms with van der Waals surface area (Å²) in [6.07, 6.45) is 4.49. The Morgan fingerprint density at radius 3 is 2.14 bits per heavy atom. The van der Waals surface area contributed by atoms with Gasteiger partial charge in [0.25, 0.3) is 0 Å². The van der Waals surface area contributed by atoms with Crippen LogP contribution in [0, 0.1) is 5.41 Å². The molecule has 0 aromatic rings. The highest BCUT2D eigenvalue weighted by atomic mass is 16.4. The van der Waals surface area contributed by atoms with Gasteiger partial charge in [-0.2, -0.15) is 0 Å². The maximum Gasteiger partial charge on any atom is 0.319 e. The quantitative estimate of drug-likeness (QED) is 0.828. The van der Waals surface area contributed by atoms with Gasteiger partial charge in [-0.25, -0.2) is 4.79 Å². The third kappa shape index (κ3) is 3.48. The van der Waals surface area contributed by atoms with Gasteiger partial charge in [-0.15, -0.1) is 0 Å². The van der Waals surface area contributed by atoms with Crippen LogP contribution in [-0.4, -0.2) is 64.3 Å². The van der Waals surface area contributed by atoms with Gasteiger partial charge in [-0.1, -0.05) is 12.8 Å². The average molecular weight is 298 g/mol. The topological polar surface area (TPSA) is 81.1 Å². The maximum atomic E-state index is 12.4. The molecule has 1 saturated carbocycles. The molecule has 6 nitrogen and oxygen atoms in total. The van der Waals surface area contributed by atoms with E-state index in [1.807, 2.05) is 0 Å². The number of carbonyl (C=O) groups excluding carboxylic acids is 1. The Morgan fingerprint density at radius 2 is 1.67 bits per heavy atom. The molecule has 0 bridgehead atoms. The van der Waals surface area contributed by atoms with Crippen molar-refractivity contribution in [3.8, 4) is 0 Å². The maximum absolute atomic E-state index is 12.4. The van der Waals surface area contributed by atoms with Crippen LogP contribution < -0.4 is 0 Å². The normalized spacial score (nSPS) is 23.9. The van der Waals surface area contributed by atoms with Gasteiger partial charge < -0.3 is 20.0 Å². The number of hydrogen-bond acceptors (Lipinski definition) is 3. The first-order valence-corrected chi connectivity index (χ1v) is 7.72. The average Bonchev–Trinajstić information content (AvgIpc) is 2.85. The fourth-order valence-electron chi connectivity index (χ4n) is 3.35. The van der Waals surface area contributed by atoms with E-state index in [1.165, 1.54) is 0 Å². The first kappa shape index (κ1) is 16.1. The number of rotatable bonds is 3. The molecule has 0 atom stereocenters. The molecule has 2 amide bonds. The Bertz CT molecular complexity index is 410. The van der Waals surface area contributed by atoms with Crippen LogP contribution in [0.5, 0.6) is 0 Å². The van der Waals surface area contributed by atoms with E-state index in [0.29, 0.717) is 32.5 Å². The number of likely N-dealkylation sites (N-methyl/N-ethyl adjacent to an activating group) is 1. The molecule has 21 heavy (non-hydrogen) atoms. The standard InChI is InChI=1S/C15H26N2O4/c1-14(12(18)19)7-9-17(10-8-14)13(20)16(2)11-15(21)5-3-4-6-15/h21H,3-11H2,1-2H3,(H,18,19). The van der Waals surface area contributed by atoms with Crippen LogP contribution in [0.1, 0.15) is 45.4 Å². The Balaban J connectivity index is 1.88. The molecule has 0 spiro atoms. The fraction of sp³-hybridized carbons (Fsp3) is 0.867. The smallest absolute Gasteiger partial charge is 0.319 e. The zero-order chi connectivity index (χ0) is 15.7. The van der Waals surface area contributed by atoms with E-state index in [0.717, 1.165) is 25.7 Å². The molecule has 1 heterocycles. The lowest BCUT2D eigenvalue weighted by atomic mass is 9.80. The fourth-order valence-corrected chi connectivity index (χ4v) is 3.35. The number of nitrogens with zero attached hydrogens (tertiary/aromatic N) is 2. The molecule has 0 aromatic heterocycles. The second-order valence-electron chi connectivity index (χ2n) is 6.92. The van der Waals surface area contributed by atoms with Gasteiger partial charge in [0, 0.05) is 20.1 Å². The molecule has 2 aliphatic rings. The van der Waals surface area contributed by atoms with Gasteiger partial charge in [0.15, 0.2) is 0 Å². The van der Waals surface area contributed by atoms with E-state index in [-0.39, 0.29) is 6.03 Å². The zero-order valence-electron chi connectivity index (χ0n) is 13.0. The van der Waals surface area contributed by atoms with Crippen molar-refractivity contribution in [3.63, 3.8) is 0 Å². The summed E-state index contributed by atoms with van der Waals surface area (Å²) in [6.45, 7) is 3.02. The Labute approximate surface area is 125 Å². The minimum atomic E-state index is -0.789. The van der Waals surface area contributed by atoms with E-state index in [2.05, 4.69) is 0 Å². The third-order valence-electron chi connectivity index (χ3n) is 5.05. The Morgan fingerprint density at radius 1 is 1.14 bits per heavy atom. The van der Waals surface area contributed by atoms with Gasteiger partial charge >= 0.3 is 12.0 Å². The monoisotopic (exact) mass is 298 g/mol. The molecule has 2 N–H and O–H groups in total. The molecular formula is C15H26N2O4. The lowest BCUT2D eigenvalue weighted by Crippen LogP contribution is -2.52. The summed E-state index contributed by atoms with van der Waals surface area (Å²) < 4.78 is 0. The first-order valence-electron chi connectivity index (χ1n) is 7.72. The van der Waals surface area contributed by atoms with Crippen molar-refractivity contribution < 1.29 is 19.8 Å². The summed E-state index contributed by atoms with van der Waals surface area (Å²) in [5, 5.41) is 19.6.